The molecule has 1 aliphatic heterocycles. The van der Waals surface area contributed by atoms with Gasteiger partial charge in [0.05, 0.1) is 11.7 Å². The molecule has 1 unspecified atom stereocenters. The first-order chi connectivity index (χ1) is 8.52. The normalized spacial score (nSPS) is 17.6. The van der Waals surface area contributed by atoms with E-state index in [0.29, 0.717) is 0 Å². The molecule has 1 aromatic heterocycles. The molecule has 0 saturated heterocycles. The van der Waals surface area contributed by atoms with E-state index in [0.717, 1.165) is 23.5 Å². The number of thioether (sulfide) groups is 1. The van der Waals surface area contributed by atoms with Crippen molar-refractivity contribution in [2.45, 2.75) is 50.6 Å². The van der Waals surface area contributed by atoms with Gasteiger partial charge in [0.25, 0.3) is 0 Å². The number of aryl methyl sites for hydroxylation is 1. The summed E-state index contributed by atoms with van der Waals surface area (Å²) >= 11 is 3.79. The van der Waals surface area contributed by atoms with Crippen LogP contribution in [0.4, 0.5) is 0 Å². The van der Waals surface area contributed by atoms with Crippen LogP contribution in [0.15, 0.2) is 6.07 Å². The highest BCUT2D eigenvalue weighted by Gasteiger charge is 2.22. The number of hydrogen-bond acceptors (Lipinski definition) is 4. The van der Waals surface area contributed by atoms with Crippen molar-refractivity contribution in [1.82, 2.24) is 0 Å². The molecule has 0 spiro atoms. The van der Waals surface area contributed by atoms with Crippen LogP contribution in [-0.4, -0.2) is 23.6 Å². The summed E-state index contributed by atoms with van der Waals surface area (Å²) in [5.41, 5.74) is 1.30. The molecule has 0 aliphatic carbocycles. The van der Waals surface area contributed by atoms with Crippen molar-refractivity contribution < 1.29 is 9.84 Å². The molecule has 2 rings (SSSR count). The third-order valence-corrected chi connectivity index (χ3v) is 5.89. The molecule has 0 bridgehead atoms. The number of methoxy groups -OCH3 is 1. The largest absolute Gasteiger partial charge is 0.388 e. The summed E-state index contributed by atoms with van der Waals surface area (Å²) in [5.74, 6) is 2.34. The Kier molecular flexibility index (Phi) is 4.75. The molecule has 0 fully saturated rings. The Labute approximate surface area is 118 Å². The van der Waals surface area contributed by atoms with E-state index in [1.807, 2.05) is 11.8 Å². The highest BCUT2D eigenvalue weighted by atomic mass is 32.2. The van der Waals surface area contributed by atoms with Crippen molar-refractivity contribution >= 4 is 23.1 Å². The van der Waals surface area contributed by atoms with Gasteiger partial charge in [0.2, 0.25) is 0 Å². The summed E-state index contributed by atoms with van der Waals surface area (Å²) < 4.78 is 5.39. The zero-order chi connectivity index (χ0) is 13.2. The van der Waals surface area contributed by atoms with E-state index in [-0.39, 0.29) is 11.7 Å². The minimum atomic E-state index is -0.333. The van der Waals surface area contributed by atoms with Crippen molar-refractivity contribution in [3.63, 3.8) is 0 Å². The lowest BCUT2D eigenvalue weighted by atomic mass is 9.99. The van der Waals surface area contributed by atoms with Gasteiger partial charge in [-0.1, -0.05) is 0 Å². The summed E-state index contributed by atoms with van der Waals surface area (Å²) in [7, 11) is 1.73. The van der Waals surface area contributed by atoms with E-state index < -0.39 is 0 Å². The number of hydrogen-bond donors (Lipinski definition) is 1. The van der Waals surface area contributed by atoms with E-state index in [1.54, 1.807) is 18.4 Å². The molecule has 2 heterocycles. The number of aliphatic hydroxyl groups is 1. The first-order valence-electron chi connectivity index (χ1n) is 6.44. The molecular weight excluding hydrogens is 264 g/mol. The Morgan fingerprint density at radius 3 is 2.94 bits per heavy atom. The van der Waals surface area contributed by atoms with Crippen molar-refractivity contribution in [1.29, 1.82) is 0 Å². The SMILES string of the molecule is COC(C)(C)CCC(O)c1cc2c(s1)CCSC2. The number of thiophene rings is 1. The maximum Gasteiger partial charge on any atom is 0.0883 e. The fourth-order valence-electron chi connectivity index (χ4n) is 2.06. The molecule has 18 heavy (non-hydrogen) atoms. The van der Waals surface area contributed by atoms with Gasteiger partial charge in [-0.15, -0.1) is 11.3 Å². The average molecular weight is 286 g/mol. The van der Waals surface area contributed by atoms with Crippen LogP contribution in [0, 0.1) is 0 Å². The molecule has 0 aromatic carbocycles. The van der Waals surface area contributed by atoms with Gasteiger partial charge >= 0.3 is 0 Å². The Morgan fingerprint density at radius 1 is 1.50 bits per heavy atom. The summed E-state index contributed by atoms with van der Waals surface area (Å²) in [6.07, 6.45) is 2.48. The van der Waals surface area contributed by atoms with E-state index in [9.17, 15) is 5.11 Å². The van der Waals surface area contributed by atoms with Gasteiger partial charge < -0.3 is 9.84 Å². The Balaban J connectivity index is 1.96. The zero-order valence-corrected chi connectivity index (χ0v) is 13.0. The van der Waals surface area contributed by atoms with Crippen molar-refractivity contribution in [2.75, 3.05) is 12.9 Å². The molecule has 0 radical (unpaired) electrons. The minimum Gasteiger partial charge on any atom is -0.388 e. The second kappa shape index (κ2) is 5.95. The lowest BCUT2D eigenvalue weighted by Crippen LogP contribution is -2.22. The number of aliphatic hydroxyl groups excluding tert-OH is 1. The maximum atomic E-state index is 10.3. The Hall–Kier alpha value is -0.0300. The minimum absolute atomic E-state index is 0.145. The quantitative estimate of drug-likeness (QED) is 0.893. The van der Waals surface area contributed by atoms with E-state index in [2.05, 4.69) is 19.9 Å². The topological polar surface area (TPSA) is 29.5 Å². The predicted molar refractivity (Wildman–Crippen MR) is 79.5 cm³/mol. The van der Waals surface area contributed by atoms with Gasteiger partial charge in [-0.2, -0.15) is 11.8 Å². The van der Waals surface area contributed by atoms with Crippen LogP contribution >= 0.6 is 23.1 Å². The lowest BCUT2D eigenvalue weighted by Gasteiger charge is -2.23. The summed E-state index contributed by atoms with van der Waals surface area (Å²) in [6, 6.07) is 2.20. The number of ether oxygens (including phenoxy) is 1. The van der Waals surface area contributed by atoms with Gasteiger partial charge in [-0.25, -0.2) is 0 Å². The molecule has 0 amide bonds. The zero-order valence-electron chi connectivity index (χ0n) is 11.4. The number of fused-ring (bicyclic) bond motifs is 1. The molecule has 1 N–H and O–H groups in total. The van der Waals surface area contributed by atoms with Gasteiger partial charge in [0.1, 0.15) is 0 Å². The third-order valence-electron chi connectivity index (χ3n) is 3.55. The molecule has 102 valence electrons. The van der Waals surface area contributed by atoms with Crippen LogP contribution in [0.2, 0.25) is 0 Å². The summed E-state index contributed by atoms with van der Waals surface area (Å²) in [4.78, 5) is 2.61. The molecule has 1 atom stereocenters. The van der Waals surface area contributed by atoms with Crippen LogP contribution in [0.25, 0.3) is 0 Å². The van der Waals surface area contributed by atoms with Crippen molar-refractivity contribution in [2.24, 2.45) is 0 Å². The van der Waals surface area contributed by atoms with E-state index in [1.165, 1.54) is 22.6 Å². The van der Waals surface area contributed by atoms with Crippen molar-refractivity contribution in [3.8, 4) is 0 Å². The van der Waals surface area contributed by atoms with E-state index >= 15 is 0 Å². The average Bonchev–Trinajstić information content (AvgIpc) is 2.80. The molecule has 0 saturated carbocycles. The monoisotopic (exact) mass is 286 g/mol. The van der Waals surface area contributed by atoms with E-state index in [4.69, 9.17) is 4.74 Å². The highest BCUT2D eigenvalue weighted by molar-refractivity contribution is 7.98. The van der Waals surface area contributed by atoms with Gasteiger partial charge in [0.15, 0.2) is 0 Å². The molecule has 1 aromatic rings. The smallest absolute Gasteiger partial charge is 0.0883 e. The van der Waals surface area contributed by atoms with Gasteiger partial charge in [0, 0.05) is 22.6 Å². The molecular formula is C14H22O2S2. The van der Waals surface area contributed by atoms with Crippen LogP contribution in [0.5, 0.6) is 0 Å². The molecule has 1 aliphatic rings. The summed E-state index contributed by atoms with van der Waals surface area (Å²) in [6.45, 7) is 4.13. The first kappa shape index (κ1) is 14.4. The lowest BCUT2D eigenvalue weighted by molar-refractivity contribution is 0.00309. The second-order valence-electron chi connectivity index (χ2n) is 5.42. The summed E-state index contributed by atoms with van der Waals surface area (Å²) in [5, 5.41) is 10.3. The Morgan fingerprint density at radius 2 is 2.28 bits per heavy atom. The fourth-order valence-corrected chi connectivity index (χ4v) is 4.46. The standard InChI is InChI=1S/C14H22O2S2/c1-14(2,16-3)6-4-11(15)13-8-10-9-17-7-5-12(10)18-13/h8,11,15H,4-7,9H2,1-3H3. The number of rotatable bonds is 5. The van der Waals surface area contributed by atoms with Crippen LogP contribution < -0.4 is 0 Å². The molecule has 4 heteroatoms. The second-order valence-corrected chi connectivity index (χ2v) is 7.69. The van der Waals surface area contributed by atoms with Crippen LogP contribution in [0.1, 0.15) is 48.1 Å². The van der Waals surface area contributed by atoms with Crippen molar-refractivity contribution in [3.05, 3.63) is 21.4 Å². The first-order valence-corrected chi connectivity index (χ1v) is 8.41. The Bertz CT molecular complexity index is 375. The predicted octanol–water partition coefficient (Wildman–Crippen LogP) is 3.78. The highest BCUT2D eigenvalue weighted by Crippen LogP contribution is 2.36. The third kappa shape index (κ3) is 3.50. The van der Waals surface area contributed by atoms with Gasteiger partial charge in [-0.3, -0.25) is 0 Å². The maximum absolute atomic E-state index is 10.3. The molecule has 2 nitrogen and oxygen atoms in total. The fraction of sp³-hybridized carbons (Fsp3) is 0.714. The van der Waals surface area contributed by atoms with Crippen LogP contribution in [-0.2, 0) is 16.9 Å². The van der Waals surface area contributed by atoms with Crippen LogP contribution in [0.3, 0.4) is 0 Å². The van der Waals surface area contributed by atoms with Gasteiger partial charge in [-0.05, 0) is 50.5 Å².